The van der Waals surface area contributed by atoms with E-state index in [1.165, 1.54) is 19.3 Å². The molecule has 68 valence electrons. The minimum atomic E-state index is 0.353. The number of Topliss-reactive ketones (excluding diaryl/α,β-unsaturated/α-hetero) is 1. The smallest absolute Gasteiger partial charge is 0.162 e. The van der Waals surface area contributed by atoms with Crippen LogP contribution < -0.4 is 0 Å². The van der Waals surface area contributed by atoms with Crippen LogP contribution >= 0.6 is 0 Å². The zero-order valence-corrected chi connectivity index (χ0v) is 7.58. The van der Waals surface area contributed by atoms with Gasteiger partial charge >= 0.3 is 0 Å². The lowest BCUT2D eigenvalue weighted by Crippen LogP contribution is -2.13. The summed E-state index contributed by atoms with van der Waals surface area (Å²) in [4.78, 5) is 11.5. The normalized spacial score (nSPS) is 37.9. The third kappa shape index (κ3) is 1.28. The van der Waals surface area contributed by atoms with Gasteiger partial charge in [-0.15, -0.1) is 0 Å². The fourth-order valence-electron chi connectivity index (χ4n) is 2.60. The fourth-order valence-corrected chi connectivity index (χ4v) is 2.60. The van der Waals surface area contributed by atoms with Gasteiger partial charge in [0.2, 0.25) is 0 Å². The molecule has 0 heterocycles. The number of hydrogen-bond acceptors (Lipinski definition) is 2. The molecule has 0 saturated heterocycles. The average molecular weight is 168 g/mol. The molecular weight excluding hydrogens is 152 g/mol. The van der Waals surface area contributed by atoms with E-state index in [0.717, 1.165) is 11.8 Å². The molecule has 0 radical (unpaired) electrons. The van der Waals surface area contributed by atoms with Crippen LogP contribution in [-0.4, -0.2) is 19.0 Å². The topological polar surface area (TPSA) is 26.3 Å². The van der Waals surface area contributed by atoms with Gasteiger partial charge in [0, 0.05) is 12.5 Å². The van der Waals surface area contributed by atoms with Crippen molar-refractivity contribution in [2.45, 2.75) is 26.2 Å². The predicted molar refractivity (Wildman–Crippen MR) is 45.8 cm³/mol. The highest BCUT2D eigenvalue weighted by molar-refractivity contribution is 5.85. The van der Waals surface area contributed by atoms with E-state index in [0.29, 0.717) is 24.9 Å². The Bertz CT molecular complexity index is 178. The first-order valence-corrected chi connectivity index (χ1v) is 4.95. The van der Waals surface area contributed by atoms with E-state index in [9.17, 15) is 4.79 Å². The first-order chi connectivity index (χ1) is 5.84. The Labute approximate surface area is 73.3 Å². The lowest BCUT2D eigenvalue weighted by molar-refractivity contribution is -0.125. The maximum absolute atomic E-state index is 11.5. The van der Waals surface area contributed by atoms with Crippen molar-refractivity contribution in [2.75, 3.05) is 13.2 Å². The number of ketones is 1. The summed E-state index contributed by atoms with van der Waals surface area (Å²) < 4.78 is 5.11. The van der Waals surface area contributed by atoms with Crippen LogP contribution in [0.2, 0.25) is 0 Å². The van der Waals surface area contributed by atoms with Crippen molar-refractivity contribution in [1.29, 1.82) is 0 Å². The summed E-state index contributed by atoms with van der Waals surface area (Å²) in [6.45, 7) is 2.95. The fraction of sp³-hybridized carbons (Fsp3) is 0.900. The number of rotatable bonds is 4. The minimum Gasteiger partial charge on any atom is -0.374 e. The van der Waals surface area contributed by atoms with E-state index in [2.05, 4.69) is 0 Å². The first kappa shape index (κ1) is 8.24. The van der Waals surface area contributed by atoms with E-state index < -0.39 is 0 Å². The highest BCUT2D eigenvalue weighted by atomic mass is 16.5. The van der Waals surface area contributed by atoms with Gasteiger partial charge in [0.15, 0.2) is 5.78 Å². The highest BCUT2D eigenvalue weighted by Gasteiger charge is 2.55. The molecule has 0 aromatic carbocycles. The molecule has 0 aromatic heterocycles. The zero-order valence-electron chi connectivity index (χ0n) is 7.58. The molecule has 2 aliphatic carbocycles. The van der Waals surface area contributed by atoms with Gasteiger partial charge in [-0.25, -0.2) is 0 Å². The van der Waals surface area contributed by atoms with Gasteiger partial charge in [0.25, 0.3) is 0 Å². The van der Waals surface area contributed by atoms with Gasteiger partial charge in [-0.1, -0.05) is 6.42 Å². The molecule has 2 heteroatoms. The molecule has 2 nitrogen and oxygen atoms in total. The molecule has 2 aliphatic rings. The number of carbonyl (C=O) groups excluding carboxylic acids is 1. The van der Waals surface area contributed by atoms with Gasteiger partial charge in [-0.3, -0.25) is 4.79 Å². The summed E-state index contributed by atoms with van der Waals surface area (Å²) in [6, 6.07) is 0. The second kappa shape index (κ2) is 3.17. The number of hydrogen-bond donors (Lipinski definition) is 0. The van der Waals surface area contributed by atoms with E-state index in [-0.39, 0.29) is 0 Å². The molecule has 2 saturated carbocycles. The third-order valence-electron chi connectivity index (χ3n) is 3.23. The standard InChI is InChI=1S/C10H16O2/c1-2-12-6-9(11)10-7-4-3-5-8(7)10/h7-8,10H,2-6H2,1H3. The van der Waals surface area contributed by atoms with Crippen molar-refractivity contribution in [2.24, 2.45) is 17.8 Å². The molecule has 12 heavy (non-hydrogen) atoms. The minimum absolute atomic E-state index is 0.353. The Hall–Kier alpha value is -0.370. The molecule has 0 amide bonds. The molecule has 0 N–H and O–H groups in total. The van der Waals surface area contributed by atoms with Crippen LogP contribution in [0.5, 0.6) is 0 Å². The summed E-state index contributed by atoms with van der Waals surface area (Å²) >= 11 is 0. The van der Waals surface area contributed by atoms with E-state index in [1.807, 2.05) is 6.92 Å². The third-order valence-corrected chi connectivity index (χ3v) is 3.23. The van der Waals surface area contributed by atoms with Gasteiger partial charge in [0.1, 0.15) is 6.61 Å². The van der Waals surface area contributed by atoms with Crippen LogP contribution in [0.15, 0.2) is 0 Å². The lowest BCUT2D eigenvalue weighted by Gasteiger charge is -2.01. The van der Waals surface area contributed by atoms with Crippen molar-refractivity contribution in [3.63, 3.8) is 0 Å². The average Bonchev–Trinajstić information content (AvgIpc) is 2.56. The molecule has 0 bridgehead atoms. The van der Waals surface area contributed by atoms with Crippen molar-refractivity contribution < 1.29 is 9.53 Å². The van der Waals surface area contributed by atoms with Crippen LogP contribution in [0.3, 0.4) is 0 Å². The number of ether oxygens (including phenoxy) is 1. The number of fused-ring (bicyclic) bond motifs is 1. The van der Waals surface area contributed by atoms with Gasteiger partial charge in [0.05, 0.1) is 0 Å². The monoisotopic (exact) mass is 168 g/mol. The Morgan fingerprint density at radius 3 is 2.67 bits per heavy atom. The molecule has 0 spiro atoms. The van der Waals surface area contributed by atoms with Crippen molar-refractivity contribution >= 4 is 5.78 Å². The Balaban J connectivity index is 1.76. The van der Waals surface area contributed by atoms with E-state index in [4.69, 9.17) is 4.74 Å². The second-order valence-electron chi connectivity index (χ2n) is 3.89. The molecule has 2 atom stereocenters. The molecule has 0 aromatic rings. The summed E-state index contributed by atoms with van der Waals surface area (Å²) in [5.41, 5.74) is 0. The van der Waals surface area contributed by atoms with E-state index in [1.54, 1.807) is 0 Å². The van der Waals surface area contributed by atoms with Crippen molar-refractivity contribution in [1.82, 2.24) is 0 Å². The van der Waals surface area contributed by atoms with Gasteiger partial charge < -0.3 is 4.74 Å². The maximum atomic E-state index is 11.5. The predicted octanol–water partition coefficient (Wildman–Crippen LogP) is 1.64. The highest BCUT2D eigenvalue weighted by Crippen LogP contribution is 2.57. The van der Waals surface area contributed by atoms with Gasteiger partial charge in [-0.05, 0) is 31.6 Å². The second-order valence-corrected chi connectivity index (χ2v) is 3.89. The van der Waals surface area contributed by atoms with E-state index >= 15 is 0 Å². The Morgan fingerprint density at radius 1 is 1.42 bits per heavy atom. The Morgan fingerprint density at radius 2 is 2.08 bits per heavy atom. The molecule has 2 unspecified atom stereocenters. The SMILES string of the molecule is CCOCC(=O)C1C2CCCC21. The molecule has 2 rings (SSSR count). The van der Waals surface area contributed by atoms with Crippen molar-refractivity contribution in [3.8, 4) is 0 Å². The lowest BCUT2D eigenvalue weighted by atomic mass is 10.1. The first-order valence-electron chi connectivity index (χ1n) is 4.95. The van der Waals surface area contributed by atoms with Crippen LogP contribution in [0.1, 0.15) is 26.2 Å². The van der Waals surface area contributed by atoms with Crippen LogP contribution in [0.25, 0.3) is 0 Å². The summed E-state index contributed by atoms with van der Waals surface area (Å²) in [5.74, 6) is 2.24. The largest absolute Gasteiger partial charge is 0.374 e. The summed E-state index contributed by atoms with van der Waals surface area (Å²) in [6.07, 6.45) is 3.91. The van der Waals surface area contributed by atoms with Crippen molar-refractivity contribution in [3.05, 3.63) is 0 Å². The zero-order chi connectivity index (χ0) is 8.55. The van der Waals surface area contributed by atoms with Crippen LogP contribution in [0, 0.1) is 17.8 Å². The maximum Gasteiger partial charge on any atom is 0.162 e. The molecular formula is C10H16O2. The van der Waals surface area contributed by atoms with Gasteiger partial charge in [-0.2, -0.15) is 0 Å². The summed E-state index contributed by atoms with van der Waals surface area (Å²) in [5, 5.41) is 0. The number of carbonyl (C=O) groups is 1. The van der Waals surface area contributed by atoms with Crippen LogP contribution in [-0.2, 0) is 9.53 Å². The molecule has 0 aliphatic heterocycles. The summed E-state index contributed by atoms with van der Waals surface area (Å²) in [7, 11) is 0. The Kier molecular flexibility index (Phi) is 2.18. The quantitative estimate of drug-likeness (QED) is 0.638. The van der Waals surface area contributed by atoms with Crippen LogP contribution in [0.4, 0.5) is 0 Å². The molecule has 2 fully saturated rings.